The van der Waals surface area contributed by atoms with Gasteiger partial charge in [0.25, 0.3) is 0 Å². The summed E-state index contributed by atoms with van der Waals surface area (Å²) in [4.78, 5) is 1.48. The number of hydrogen-bond donors (Lipinski definition) is 1. The van der Waals surface area contributed by atoms with Crippen LogP contribution in [0, 0.1) is 0 Å². The fourth-order valence-corrected chi connectivity index (χ4v) is 2.63. The van der Waals surface area contributed by atoms with Crippen LogP contribution in [0.15, 0.2) is 18.2 Å². The van der Waals surface area contributed by atoms with Crippen molar-refractivity contribution in [1.82, 2.24) is 10.2 Å². The molecule has 0 aliphatic carbocycles. The Morgan fingerprint density at radius 2 is 2.05 bits per heavy atom. The molecule has 0 fully saturated rings. The van der Waals surface area contributed by atoms with Gasteiger partial charge in [0, 0.05) is 19.1 Å². The summed E-state index contributed by atoms with van der Waals surface area (Å²) in [6.07, 6.45) is -3.26. The van der Waals surface area contributed by atoms with E-state index < -0.39 is 12.7 Å². The molecule has 0 bridgehead atoms. The predicted octanol–water partition coefficient (Wildman–Crippen LogP) is 3.11. The number of nitrogens with zero attached hydrogens (tertiary/aromatic N) is 1. The number of alkyl halides is 3. The summed E-state index contributed by atoms with van der Waals surface area (Å²) < 4.78 is 38.0. The van der Waals surface area contributed by atoms with Crippen molar-refractivity contribution < 1.29 is 13.2 Å². The van der Waals surface area contributed by atoms with Crippen molar-refractivity contribution in [2.24, 2.45) is 0 Å². The second-order valence-electron chi connectivity index (χ2n) is 5.60. The van der Waals surface area contributed by atoms with E-state index in [1.807, 2.05) is 26.0 Å². The maximum absolute atomic E-state index is 12.7. The minimum absolute atomic E-state index is 0.130. The molecule has 0 atom stereocenters. The molecule has 5 heteroatoms. The van der Waals surface area contributed by atoms with Crippen molar-refractivity contribution in [1.29, 1.82) is 0 Å². The Bertz CT molecular complexity index is 455. The van der Waals surface area contributed by atoms with E-state index in [0.717, 1.165) is 25.1 Å². The third-order valence-electron chi connectivity index (χ3n) is 3.72. The Kier molecular flexibility index (Phi) is 4.70. The van der Waals surface area contributed by atoms with E-state index in [0.29, 0.717) is 6.54 Å². The van der Waals surface area contributed by atoms with Crippen LogP contribution in [0.5, 0.6) is 0 Å². The van der Waals surface area contributed by atoms with Crippen molar-refractivity contribution >= 4 is 0 Å². The fourth-order valence-electron chi connectivity index (χ4n) is 2.63. The second-order valence-corrected chi connectivity index (χ2v) is 5.60. The van der Waals surface area contributed by atoms with E-state index in [9.17, 15) is 13.2 Å². The van der Waals surface area contributed by atoms with Gasteiger partial charge in [-0.3, -0.25) is 4.90 Å². The Balaban J connectivity index is 2.18. The zero-order chi connectivity index (χ0) is 14.8. The second kappa shape index (κ2) is 6.14. The van der Waals surface area contributed by atoms with Crippen molar-refractivity contribution in [3.8, 4) is 0 Å². The quantitative estimate of drug-likeness (QED) is 0.915. The number of nitrogens with one attached hydrogen (secondary N) is 1. The van der Waals surface area contributed by atoms with Gasteiger partial charge >= 0.3 is 6.18 Å². The molecule has 1 aromatic carbocycles. The molecule has 2 rings (SSSR count). The van der Waals surface area contributed by atoms with Gasteiger partial charge in [0.15, 0.2) is 0 Å². The Labute approximate surface area is 118 Å². The van der Waals surface area contributed by atoms with Crippen LogP contribution in [0.2, 0.25) is 0 Å². The van der Waals surface area contributed by atoms with Gasteiger partial charge in [0.05, 0.1) is 6.54 Å². The van der Waals surface area contributed by atoms with Gasteiger partial charge in [0.1, 0.15) is 0 Å². The molecule has 0 saturated heterocycles. The molecule has 0 aromatic heterocycles. The molecule has 0 spiro atoms. The summed E-state index contributed by atoms with van der Waals surface area (Å²) in [6.45, 7) is 4.83. The lowest BCUT2D eigenvalue weighted by Crippen LogP contribution is -2.39. The van der Waals surface area contributed by atoms with Gasteiger partial charge < -0.3 is 5.32 Å². The first-order valence-corrected chi connectivity index (χ1v) is 6.98. The lowest BCUT2D eigenvalue weighted by atomic mass is 9.95. The summed E-state index contributed by atoms with van der Waals surface area (Å²) in [6, 6.07) is 5.81. The Hall–Kier alpha value is -1.07. The van der Waals surface area contributed by atoms with Gasteiger partial charge in [-0.15, -0.1) is 0 Å². The Morgan fingerprint density at radius 1 is 1.30 bits per heavy atom. The first-order chi connectivity index (χ1) is 9.37. The van der Waals surface area contributed by atoms with E-state index in [-0.39, 0.29) is 6.04 Å². The summed E-state index contributed by atoms with van der Waals surface area (Å²) in [5.74, 6) is 0. The molecular weight excluding hydrogens is 265 g/mol. The summed E-state index contributed by atoms with van der Waals surface area (Å²) in [7, 11) is 0. The third-order valence-corrected chi connectivity index (χ3v) is 3.72. The molecule has 1 aliphatic rings. The molecule has 2 nitrogen and oxygen atoms in total. The van der Waals surface area contributed by atoms with Crippen LogP contribution in [-0.2, 0) is 19.5 Å². The maximum atomic E-state index is 12.7. The summed E-state index contributed by atoms with van der Waals surface area (Å²) in [5, 5.41) is 3.29. The van der Waals surface area contributed by atoms with Crippen LogP contribution in [0.3, 0.4) is 0 Å². The maximum Gasteiger partial charge on any atom is 0.401 e. The first kappa shape index (κ1) is 15.3. The highest BCUT2D eigenvalue weighted by molar-refractivity contribution is 5.37. The van der Waals surface area contributed by atoms with Gasteiger partial charge in [-0.05, 0) is 43.5 Å². The van der Waals surface area contributed by atoms with E-state index in [2.05, 4.69) is 11.4 Å². The van der Waals surface area contributed by atoms with Gasteiger partial charge in [0.2, 0.25) is 0 Å². The number of halogens is 3. The van der Waals surface area contributed by atoms with Crippen molar-refractivity contribution in [2.45, 2.75) is 45.6 Å². The molecule has 1 aliphatic heterocycles. The number of hydrogen-bond acceptors (Lipinski definition) is 2. The van der Waals surface area contributed by atoms with Crippen LogP contribution >= 0.6 is 0 Å². The lowest BCUT2D eigenvalue weighted by Gasteiger charge is -2.29. The Morgan fingerprint density at radius 3 is 2.70 bits per heavy atom. The number of fused-ring (bicyclic) bond motifs is 1. The number of rotatable bonds is 4. The van der Waals surface area contributed by atoms with Gasteiger partial charge in [-0.2, -0.15) is 13.2 Å². The predicted molar refractivity (Wildman–Crippen MR) is 73.5 cm³/mol. The molecule has 0 amide bonds. The topological polar surface area (TPSA) is 15.3 Å². The zero-order valence-electron chi connectivity index (χ0n) is 11.9. The smallest absolute Gasteiger partial charge is 0.312 e. The molecule has 1 N–H and O–H groups in total. The average Bonchev–Trinajstić information content (AvgIpc) is 2.36. The average molecular weight is 286 g/mol. The van der Waals surface area contributed by atoms with Crippen LogP contribution in [0.25, 0.3) is 0 Å². The summed E-state index contributed by atoms with van der Waals surface area (Å²) >= 11 is 0. The largest absolute Gasteiger partial charge is 0.401 e. The van der Waals surface area contributed by atoms with Crippen molar-refractivity contribution in [2.75, 3.05) is 13.1 Å². The van der Waals surface area contributed by atoms with Crippen LogP contribution < -0.4 is 5.32 Å². The van der Waals surface area contributed by atoms with Crippen LogP contribution in [0.4, 0.5) is 13.2 Å². The molecular formula is C15H21F3N2. The number of benzene rings is 1. The van der Waals surface area contributed by atoms with Crippen LogP contribution in [0.1, 0.15) is 30.5 Å². The molecule has 20 heavy (non-hydrogen) atoms. The SMILES string of the molecule is CC(C)N(Cc1cccc2c1CCNC2)CC(F)(F)F. The van der Waals surface area contributed by atoms with Gasteiger partial charge in [-0.1, -0.05) is 18.2 Å². The normalized spacial score (nSPS) is 15.8. The van der Waals surface area contributed by atoms with E-state index >= 15 is 0 Å². The van der Waals surface area contributed by atoms with Gasteiger partial charge in [-0.25, -0.2) is 0 Å². The minimum Gasteiger partial charge on any atom is -0.312 e. The van der Waals surface area contributed by atoms with E-state index in [1.54, 1.807) is 0 Å². The molecule has 112 valence electrons. The monoisotopic (exact) mass is 286 g/mol. The molecule has 0 saturated carbocycles. The highest BCUT2D eigenvalue weighted by atomic mass is 19.4. The molecule has 1 heterocycles. The zero-order valence-corrected chi connectivity index (χ0v) is 11.9. The van der Waals surface area contributed by atoms with Crippen molar-refractivity contribution in [3.05, 3.63) is 34.9 Å². The molecule has 1 aromatic rings. The minimum atomic E-state index is -4.15. The van der Waals surface area contributed by atoms with E-state index in [4.69, 9.17) is 0 Å². The fraction of sp³-hybridized carbons (Fsp3) is 0.600. The summed E-state index contributed by atoms with van der Waals surface area (Å²) in [5.41, 5.74) is 3.46. The molecule has 0 radical (unpaired) electrons. The molecule has 0 unspecified atom stereocenters. The third kappa shape index (κ3) is 3.96. The first-order valence-electron chi connectivity index (χ1n) is 6.98. The van der Waals surface area contributed by atoms with Crippen LogP contribution in [-0.4, -0.2) is 30.2 Å². The highest BCUT2D eigenvalue weighted by Gasteiger charge is 2.32. The standard InChI is InChI=1S/C15H21F3N2/c1-11(2)20(10-15(16,17)18)9-13-5-3-4-12-8-19-7-6-14(12)13/h3-5,11,19H,6-10H2,1-2H3. The van der Waals surface area contributed by atoms with Crippen molar-refractivity contribution in [3.63, 3.8) is 0 Å². The van der Waals surface area contributed by atoms with E-state index in [1.165, 1.54) is 16.0 Å². The lowest BCUT2D eigenvalue weighted by molar-refractivity contribution is -0.150. The highest BCUT2D eigenvalue weighted by Crippen LogP contribution is 2.24.